The van der Waals surface area contributed by atoms with Crippen molar-refractivity contribution in [3.63, 3.8) is 0 Å². The van der Waals surface area contributed by atoms with E-state index in [1.165, 1.54) is 0 Å². The molecule has 3 heterocycles. The number of benzene rings is 1. The van der Waals surface area contributed by atoms with Crippen molar-refractivity contribution in [2.75, 3.05) is 13.2 Å². The lowest BCUT2D eigenvalue weighted by molar-refractivity contribution is -0.384. The number of nitrogens with one attached hydrogen (secondary N) is 5. The third-order valence-electron chi connectivity index (χ3n) is 20.8. The molecule has 0 unspecified atom stereocenters. The number of hydrogen-bond acceptors (Lipinski definition) is 29. The van der Waals surface area contributed by atoms with Gasteiger partial charge in [0.05, 0.1) is 34.3 Å². The quantitative estimate of drug-likeness (QED) is 0.00901. The summed E-state index contributed by atoms with van der Waals surface area (Å²) >= 11 is 0. The van der Waals surface area contributed by atoms with E-state index in [1.54, 1.807) is 224 Å². The molecule has 0 bridgehead atoms. The van der Waals surface area contributed by atoms with E-state index in [1.807, 2.05) is 24.3 Å². The van der Waals surface area contributed by atoms with E-state index >= 15 is 19.2 Å². The summed E-state index contributed by atoms with van der Waals surface area (Å²) in [5.41, 5.74) is -15.6. The van der Waals surface area contributed by atoms with Crippen molar-refractivity contribution < 1.29 is 119 Å². The Bertz CT molecular complexity index is 4230. The van der Waals surface area contributed by atoms with Crippen molar-refractivity contribution in [3.05, 3.63) is 100 Å². The largest absolute Gasteiger partial charge is 0.493 e. The Morgan fingerprint density at radius 1 is 0.295 bits per heavy atom. The molecule has 0 saturated heterocycles. The highest BCUT2D eigenvalue weighted by molar-refractivity contribution is 6.01. The number of nitro groups is 1. The zero-order chi connectivity index (χ0) is 105. The predicted molar refractivity (Wildman–Crippen MR) is 522 cm³/mol. The summed E-state index contributed by atoms with van der Waals surface area (Å²) in [4.78, 5) is 230. The Hall–Kier alpha value is -11.6. The summed E-state index contributed by atoms with van der Waals surface area (Å²) < 4.78 is 58.1. The highest BCUT2D eigenvalue weighted by atomic mass is 16.6. The SMILES string of the molecule is CC(C)(C)OC(=O)CCC(CCC(=O)OC(C)(C)C)(CCC(=O)OC(C)(C)C)NC(=O)CCC(CCC(=O)NC(CCC(=O)OC(C)(C)C)(CCC(=O)OC(C)(C)C)CCC(=O)OC(C)(C)C)(CCC(=O)NC(CCC(=O)OC(C)(C)C)(CCC(=O)OC(C)(C)C)CCC(=O)OC(C)(C)C)NC(=O)c1cc(C(=O)NCCCCCOc2cc(-c3ccccn3)nc(-c3ccccn3)c2)cc([N+](=O)[O-])c1. The number of amides is 5. The molecule has 5 N–H and O–H groups in total. The van der Waals surface area contributed by atoms with Crippen LogP contribution in [0, 0.1) is 10.1 Å². The minimum atomic E-state index is -2.15. The number of pyridine rings is 3. The number of rotatable bonds is 52. The van der Waals surface area contributed by atoms with E-state index < -0.39 is 268 Å². The van der Waals surface area contributed by atoms with Gasteiger partial charge in [-0.05, 0) is 314 Å². The number of nitrogens with zero attached hydrogens (tertiary/aromatic N) is 4. The van der Waals surface area contributed by atoms with Crippen molar-refractivity contribution >= 4 is 88.9 Å². The second-order valence-corrected chi connectivity index (χ2v) is 44.7. The summed E-state index contributed by atoms with van der Waals surface area (Å²) in [7, 11) is 0. The molecule has 3 aromatic heterocycles. The van der Waals surface area contributed by atoms with Crippen LogP contribution in [0.5, 0.6) is 5.75 Å². The van der Waals surface area contributed by atoms with Crippen LogP contribution in [0.4, 0.5) is 5.69 Å². The molecule has 139 heavy (non-hydrogen) atoms. The normalized spacial score (nSPS) is 12.6. The van der Waals surface area contributed by atoms with Gasteiger partial charge in [-0.2, -0.15) is 0 Å². The second kappa shape index (κ2) is 52.1. The lowest BCUT2D eigenvalue weighted by Crippen LogP contribution is -2.54. The molecule has 0 saturated carbocycles. The molecule has 0 aliphatic rings. The van der Waals surface area contributed by atoms with Gasteiger partial charge in [0.1, 0.15) is 56.2 Å². The molecule has 4 rings (SSSR count). The van der Waals surface area contributed by atoms with E-state index in [9.17, 15) is 58.1 Å². The maximum atomic E-state index is 16.1. The van der Waals surface area contributed by atoms with Crippen LogP contribution in [0.25, 0.3) is 22.8 Å². The van der Waals surface area contributed by atoms with Crippen LogP contribution in [0.2, 0.25) is 0 Å². The Labute approximate surface area is 820 Å². The fraction of sp³-hybridized carbons (Fsp3) is 0.663. The van der Waals surface area contributed by atoms with Crippen LogP contribution in [0.15, 0.2) is 79.1 Å². The molecule has 4 aromatic rings. The van der Waals surface area contributed by atoms with Crippen LogP contribution in [-0.2, 0) is 100 Å². The van der Waals surface area contributed by atoms with Crippen molar-refractivity contribution in [1.82, 2.24) is 41.5 Å². The number of nitro benzene ring substituents is 1. The average Bonchev–Trinajstić information content (AvgIpc) is 0.816. The Kier molecular flexibility index (Phi) is 44.9. The van der Waals surface area contributed by atoms with Crippen molar-refractivity contribution in [2.45, 2.75) is 433 Å². The molecule has 0 aliphatic heterocycles. The highest BCUT2D eigenvalue weighted by Gasteiger charge is 2.44. The number of carbonyl (C=O) groups excluding carboxylic acids is 14. The fourth-order valence-corrected chi connectivity index (χ4v) is 15.1. The molecule has 1 aromatic carbocycles. The van der Waals surface area contributed by atoms with Gasteiger partial charge < -0.3 is 74.0 Å². The monoisotopic (exact) mass is 1950 g/mol. The highest BCUT2D eigenvalue weighted by Crippen LogP contribution is 2.37. The number of aromatic nitrogens is 3. The molecule has 0 spiro atoms. The first kappa shape index (κ1) is 120. The molecule has 0 atom stereocenters. The van der Waals surface area contributed by atoms with Gasteiger partial charge in [0.25, 0.3) is 17.5 Å². The van der Waals surface area contributed by atoms with Crippen LogP contribution < -0.4 is 31.3 Å². The van der Waals surface area contributed by atoms with Gasteiger partial charge in [0.2, 0.25) is 17.7 Å². The van der Waals surface area contributed by atoms with E-state index in [-0.39, 0.29) is 76.5 Å². The first-order valence-electron chi connectivity index (χ1n) is 48.1. The van der Waals surface area contributed by atoms with Gasteiger partial charge in [0.15, 0.2) is 0 Å². The minimum Gasteiger partial charge on any atom is -0.493 e. The second-order valence-electron chi connectivity index (χ2n) is 44.7. The van der Waals surface area contributed by atoms with Gasteiger partial charge in [-0.1, -0.05) is 12.1 Å². The van der Waals surface area contributed by atoms with Crippen LogP contribution in [-0.4, -0.2) is 189 Å². The molecule has 5 amide bonds. The first-order valence-corrected chi connectivity index (χ1v) is 48.1. The summed E-state index contributed by atoms with van der Waals surface area (Å²) in [6.07, 6.45) is -5.33. The van der Waals surface area contributed by atoms with Gasteiger partial charge in [0, 0.05) is 154 Å². The smallest absolute Gasteiger partial charge is 0.306 e. The molecule has 35 heteroatoms. The number of non-ortho nitro benzene ring substituents is 1. The summed E-state index contributed by atoms with van der Waals surface area (Å²) in [6.45, 7) is 44.8. The van der Waals surface area contributed by atoms with Crippen LogP contribution in [0.3, 0.4) is 0 Å². The predicted octanol–water partition coefficient (Wildman–Crippen LogP) is 17.6. The first-order chi connectivity index (χ1) is 63.8. The molecule has 35 nitrogen and oxygen atoms in total. The number of carbonyl (C=O) groups is 14. The lowest BCUT2D eigenvalue weighted by Gasteiger charge is -2.39. The standard InChI is InChI=1S/C104H157N9O26/c1-92(2,3)131-81(117)40-52-101(53-41-82(118)132-93(4,5)6,54-42-83(119)133-94(7,8)9)109-78(114)37-49-104(50-38-79(115)110-102(55-43-84(120)134-95(10,11)12,56-44-85(121)135-96(13,14)15)57-45-86(122)136-97(16,17)18,51-39-80(116)111-103(58-46-87(123)137-98(19,20)21,59-47-88(124)138-99(22,23)24)60-48-89(125)139-100(25,26)27)112-91(127)71-65-70(66-72(67-71)113(128)129)90(126)107-63-31-28-34-64-130-73-68-76(74-35-29-32-61-105-74)108-77(69-73)75-36-30-33-62-106-75/h29-30,32-33,35-36,61-62,65-69H,28,31,34,37-60,63-64H2,1-27H3,(H,107,126)(H,109,114)(H,110,115)(H,111,116)(H,112,127). The molecular weight excluding hydrogens is 1790 g/mol. The maximum Gasteiger partial charge on any atom is 0.306 e. The zero-order valence-corrected chi connectivity index (χ0v) is 87.4. The molecule has 0 aliphatic carbocycles. The van der Waals surface area contributed by atoms with E-state index in [2.05, 4.69) is 36.6 Å². The van der Waals surface area contributed by atoms with Crippen molar-refractivity contribution in [2.24, 2.45) is 0 Å². The van der Waals surface area contributed by atoms with E-state index in [4.69, 9.17) is 52.4 Å². The minimum absolute atomic E-state index is 0.0279. The van der Waals surface area contributed by atoms with E-state index in [0.29, 0.717) is 47.8 Å². The van der Waals surface area contributed by atoms with Crippen LogP contribution in [0.1, 0.15) is 381 Å². The number of hydrogen-bond donors (Lipinski definition) is 5. The maximum absolute atomic E-state index is 16.1. The van der Waals surface area contributed by atoms with Crippen molar-refractivity contribution in [3.8, 4) is 28.5 Å². The number of esters is 9. The van der Waals surface area contributed by atoms with Crippen LogP contribution >= 0.6 is 0 Å². The summed E-state index contributed by atoms with van der Waals surface area (Å²) in [5.74, 6) is -10.6. The van der Waals surface area contributed by atoms with Crippen molar-refractivity contribution in [1.29, 1.82) is 0 Å². The average molecular weight is 1950 g/mol. The molecule has 774 valence electrons. The topological polar surface area (TPSA) is 473 Å². The van der Waals surface area contributed by atoms with Gasteiger partial charge in [-0.25, -0.2) is 4.98 Å². The number of ether oxygens (including phenoxy) is 10. The molecular formula is C104H157N9O26. The summed E-state index contributed by atoms with van der Waals surface area (Å²) in [6, 6.07) is 17.4. The fourth-order valence-electron chi connectivity index (χ4n) is 15.1. The Morgan fingerprint density at radius 3 is 0.777 bits per heavy atom. The molecule has 0 fully saturated rings. The zero-order valence-electron chi connectivity index (χ0n) is 87.4. The molecule has 0 radical (unpaired) electrons. The third kappa shape index (κ3) is 51.3. The number of unbranched alkanes of at least 4 members (excludes halogenated alkanes) is 2. The van der Waals surface area contributed by atoms with Gasteiger partial charge >= 0.3 is 53.7 Å². The van der Waals surface area contributed by atoms with E-state index in [0.717, 1.165) is 18.2 Å². The summed E-state index contributed by atoms with van der Waals surface area (Å²) in [5, 5.41) is 28.2. The Morgan fingerprint density at radius 2 is 0.540 bits per heavy atom. The van der Waals surface area contributed by atoms with Gasteiger partial charge in [-0.3, -0.25) is 87.2 Å². The lowest BCUT2D eigenvalue weighted by atomic mass is 9.80. The third-order valence-corrected chi connectivity index (χ3v) is 20.8. The Balaban J connectivity index is 2.13. The van der Waals surface area contributed by atoms with Gasteiger partial charge in [-0.15, -0.1) is 0 Å².